The molecule has 0 saturated heterocycles. The van der Waals surface area contributed by atoms with Gasteiger partial charge in [-0.25, -0.2) is 4.79 Å². The first-order chi connectivity index (χ1) is 12.0. The summed E-state index contributed by atoms with van der Waals surface area (Å²) in [4.78, 5) is 38.8. The van der Waals surface area contributed by atoms with E-state index in [0.29, 0.717) is 22.0 Å². The normalized spacial score (nSPS) is 10.5. The predicted molar refractivity (Wildman–Crippen MR) is 95.0 cm³/mol. The maximum Gasteiger partial charge on any atom is 0.337 e. The van der Waals surface area contributed by atoms with Crippen LogP contribution in [0.2, 0.25) is 0 Å². The summed E-state index contributed by atoms with van der Waals surface area (Å²) in [5.41, 5.74) is 1.40. The smallest absolute Gasteiger partial charge is 0.337 e. The number of hydrogen-bond acceptors (Lipinski definition) is 4. The standard InChI is InChI=1S/C19H16N2O4/c1-11-7-8-13(19(24)25-2)10-15(11)20-18(23)16-9-12-5-3-4-6-14(12)17(22)21-16/h3-10H,1-2H3,(H,20,23)(H,21,22). The van der Waals surface area contributed by atoms with Crippen LogP contribution in [0.25, 0.3) is 10.8 Å². The van der Waals surface area contributed by atoms with Crippen LogP contribution in [0.15, 0.2) is 53.3 Å². The zero-order valence-electron chi connectivity index (χ0n) is 13.8. The third-order valence-corrected chi connectivity index (χ3v) is 3.90. The van der Waals surface area contributed by atoms with Crippen LogP contribution in [-0.4, -0.2) is 24.0 Å². The van der Waals surface area contributed by atoms with Crippen molar-refractivity contribution in [2.75, 3.05) is 12.4 Å². The number of amides is 1. The highest BCUT2D eigenvalue weighted by atomic mass is 16.5. The van der Waals surface area contributed by atoms with Gasteiger partial charge in [-0.2, -0.15) is 0 Å². The molecule has 6 nitrogen and oxygen atoms in total. The SMILES string of the molecule is COC(=O)c1ccc(C)c(NC(=O)c2cc3ccccc3c(=O)[nH]2)c1. The van der Waals surface area contributed by atoms with Crippen LogP contribution < -0.4 is 10.9 Å². The number of nitrogens with one attached hydrogen (secondary N) is 2. The van der Waals surface area contributed by atoms with Crippen molar-refractivity contribution in [2.45, 2.75) is 6.92 Å². The molecule has 3 rings (SSSR count). The van der Waals surface area contributed by atoms with Gasteiger partial charge in [0.05, 0.1) is 12.7 Å². The van der Waals surface area contributed by atoms with Crippen LogP contribution in [0.5, 0.6) is 0 Å². The molecule has 2 N–H and O–H groups in total. The van der Waals surface area contributed by atoms with E-state index in [4.69, 9.17) is 0 Å². The third-order valence-electron chi connectivity index (χ3n) is 3.90. The summed E-state index contributed by atoms with van der Waals surface area (Å²) < 4.78 is 4.69. The molecule has 1 aromatic heterocycles. The quantitative estimate of drug-likeness (QED) is 0.720. The van der Waals surface area contributed by atoms with Crippen molar-refractivity contribution in [1.29, 1.82) is 0 Å². The van der Waals surface area contributed by atoms with Crippen molar-refractivity contribution in [3.8, 4) is 0 Å². The van der Waals surface area contributed by atoms with E-state index in [0.717, 1.165) is 5.56 Å². The average molecular weight is 336 g/mol. The van der Waals surface area contributed by atoms with Gasteiger partial charge in [-0.1, -0.05) is 24.3 Å². The number of methoxy groups -OCH3 is 1. The fourth-order valence-corrected chi connectivity index (χ4v) is 2.52. The molecule has 0 fully saturated rings. The highest BCUT2D eigenvalue weighted by molar-refractivity contribution is 6.05. The van der Waals surface area contributed by atoms with Gasteiger partial charge in [0.15, 0.2) is 0 Å². The predicted octanol–water partition coefficient (Wildman–Crippen LogP) is 2.88. The Balaban J connectivity index is 1.95. The largest absolute Gasteiger partial charge is 0.465 e. The third kappa shape index (κ3) is 3.28. The molecule has 1 heterocycles. The lowest BCUT2D eigenvalue weighted by Gasteiger charge is -2.10. The molecule has 0 atom stereocenters. The average Bonchev–Trinajstić information content (AvgIpc) is 2.62. The molecule has 0 saturated carbocycles. The van der Waals surface area contributed by atoms with E-state index < -0.39 is 11.9 Å². The highest BCUT2D eigenvalue weighted by Gasteiger charge is 2.13. The number of esters is 1. The minimum Gasteiger partial charge on any atom is -0.465 e. The number of benzene rings is 2. The number of anilines is 1. The molecule has 0 spiro atoms. The van der Waals surface area contributed by atoms with Crippen molar-refractivity contribution in [1.82, 2.24) is 4.98 Å². The van der Waals surface area contributed by atoms with Gasteiger partial charge < -0.3 is 15.0 Å². The second kappa shape index (κ2) is 6.60. The Morgan fingerprint density at radius 3 is 2.60 bits per heavy atom. The second-order valence-electron chi connectivity index (χ2n) is 5.57. The van der Waals surface area contributed by atoms with Crippen LogP contribution in [0.3, 0.4) is 0 Å². The summed E-state index contributed by atoms with van der Waals surface area (Å²) in [6.45, 7) is 1.81. The number of pyridine rings is 1. The molecule has 0 aliphatic rings. The van der Waals surface area contributed by atoms with Crippen LogP contribution in [0.1, 0.15) is 26.4 Å². The molecule has 0 aliphatic heterocycles. The van der Waals surface area contributed by atoms with E-state index in [9.17, 15) is 14.4 Å². The van der Waals surface area contributed by atoms with Gasteiger partial charge in [0, 0.05) is 11.1 Å². The molecule has 0 aliphatic carbocycles. The monoisotopic (exact) mass is 336 g/mol. The summed E-state index contributed by atoms with van der Waals surface area (Å²) in [5.74, 6) is -0.956. The van der Waals surface area contributed by atoms with Crippen molar-refractivity contribution in [3.63, 3.8) is 0 Å². The van der Waals surface area contributed by atoms with Crippen molar-refractivity contribution in [2.24, 2.45) is 0 Å². The van der Waals surface area contributed by atoms with E-state index in [1.54, 1.807) is 49.4 Å². The van der Waals surface area contributed by atoms with Gasteiger partial charge in [-0.3, -0.25) is 9.59 Å². The van der Waals surface area contributed by atoms with Crippen LogP contribution in [0.4, 0.5) is 5.69 Å². The van der Waals surface area contributed by atoms with Crippen molar-refractivity contribution < 1.29 is 14.3 Å². The number of H-pyrrole nitrogens is 1. The number of fused-ring (bicyclic) bond motifs is 1. The second-order valence-corrected chi connectivity index (χ2v) is 5.57. The molecule has 3 aromatic rings. The van der Waals surface area contributed by atoms with Crippen LogP contribution >= 0.6 is 0 Å². The molecule has 1 amide bonds. The Kier molecular flexibility index (Phi) is 4.35. The number of aromatic amines is 1. The maximum atomic E-state index is 12.5. The fraction of sp³-hybridized carbons (Fsp3) is 0.105. The van der Waals surface area contributed by atoms with Gasteiger partial charge >= 0.3 is 5.97 Å². The molecule has 0 radical (unpaired) electrons. The maximum absolute atomic E-state index is 12.5. The number of aryl methyl sites for hydroxylation is 1. The minimum absolute atomic E-state index is 0.145. The first-order valence-corrected chi connectivity index (χ1v) is 7.62. The van der Waals surface area contributed by atoms with Crippen LogP contribution in [0, 0.1) is 6.92 Å². The van der Waals surface area contributed by atoms with Crippen molar-refractivity contribution >= 4 is 28.3 Å². The molecule has 25 heavy (non-hydrogen) atoms. The first kappa shape index (κ1) is 16.4. The van der Waals surface area contributed by atoms with E-state index in [-0.39, 0.29) is 11.3 Å². The molecular formula is C19H16N2O4. The van der Waals surface area contributed by atoms with E-state index in [2.05, 4.69) is 15.0 Å². The van der Waals surface area contributed by atoms with Gasteiger partial charge in [0.1, 0.15) is 5.69 Å². The fourth-order valence-electron chi connectivity index (χ4n) is 2.52. The number of rotatable bonds is 3. The topological polar surface area (TPSA) is 88.3 Å². The molecule has 6 heteroatoms. The lowest BCUT2D eigenvalue weighted by Crippen LogP contribution is -2.19. The lowest BCUT2D eigenvalue weighted by molar-refractivity contribution is 0.0600. The molecule has 126 valence electrons. The Hall–Kier alpha value is -3.41. The number of carbonyl (C=O) groups excluding carboxylic acids is 2. The van der Waals surface area contributed by atoms with E-state index >= 15 is 0 Å². The number of ether oxygens (including phenoxy) is 1. The lowest BCUT2D eigenvalue weighted by atomic mass is 10.1. The van der Waals surface area contributed by atoms with Gasteiger partial charge in [-0.15, -0.1) is 0 Å². The molecule has 2 aromatic carbocycles. The highest BCUT2D eigenvalue weighted by Crippen LogP contribution is 2.19. The Labute approximate surface area is 143 Å². The summed E-state index contributed by atoms with van der Waals surface area (Å²) in [6.07, 6.45) is 0. The number of hydrogen-bond donors (Lipinski definition) is 2. The summed E-state index contributed by atoms with van der Waals surface area (Å²) >= 11 is 0. The molecule has 0 unspecified atom stereocenters. The molecule has 0 bridgehead atoms. The van der Waals surface area contributed by atoms with Crippen LogP contribution in [-0.2, 0) is 4.74 Å². The number of aromatic nitrogens is 1. The van der Waals surface area contributed by atoms with E-state index in [1.807, 2.05) is 0 Å². The minimum atomic E-state index is -0.491. The summed E-state index contributed by atoms with van der Waals surface area (Å²) in [7, 11) is 1.29. The zero-order valence-corrected chi connectivity index (χ0v) is 13.8. The van der Waals surface area contributed by atoms with Gasteiger partial charge in [0.25, 0.3) is 11.5 Å². The Morgan fingerprint density at radius 2 is 1.84 bits per heavy atom. The zero-order chi connectivity index (χ0) is 18.0. The Bertz CT molecular complexity index is 1040. The Morgan fingerprint density at radius 1 is 1.08 bits per heavy atom. The van der Waals surface area contributed by atoms with Gasteiger partial charge in [-0.05, 0) is 42.1 Å². The first-order valence-electron chi connectivity index (χ1n) is 7.62. The van der Waals surface area contributed by atoms with E-state index in [1.165, 1.54) is 13.2 Å². The summed E-state index contributed by atoms with van der Waals surface area (Å²) in [5, 5.41) is 3.91. The number of carbonyl (C=O) groups is 2. The van der Waals surface area contributed by atoms with Crippen molar-refractivity contribution in [3.05, 3.63) is 75.7 Å². The summed E-state index contributed by atoms with van der Waals surface area (Å²) in [6, 6.07) is 13.5. The van der Waals surface area contributed by atoms with Gasteiger partial charge in [0.2, 0.25) is 0 Å². The molecular weight excluding hydrogens is 320 g/mol.